The lowest BCUT2D eigenvalue weighted by Crippen LogP contribution is -2.42. The standard InChI is InChI=1S/C14H28N2/c1-4-14(2,3)15-8-9-16-10-12-6-5-7-13(12)11-16/h12-13,15H,4-11H2,1-3H3. The van der Waals surface area contributed by atoms with Gasteiger partial charge in [-0.3, -0.25) is 0 Å². The average molecular weight is 224 g/mol. The van der Waals surface area contributed by atoms with Crippen molar-refractivity contribution in [3.63, 3.8) is 0 Å². The minimum absolute atomic E-state index is 0.315. The van der Waals surface area contributed by atoms with Crippen LogP contribution in [0.15, 0.2) is 0 Å². The van der Waals surface area contributed by atoms with Crippen LogP contribution in [0.4, 0.5) is 0 Å². The average Bonchev–Trinajstić information content (AvgIpc) is 2.77. The molecule has 2 heteroatoms. The summed E-state index contributed by atoms with van der Waals surface area (Å²) in [5, 5.41) is 3.66. The summed E-state index contributed by atoms with van der Waals surface area (Å²) >= 11 is 0. The molecular formula is C14H28N2. The molecule has 2 nitrogen and oxygen atoms in total. The van der Waals surface area contributed by atoms with E-state index in [1.807, 2.05) is 0 Å². The minimum Gasteiger partial charge on any atom is -0.311 e. The van der Waals surface area contributed by atoms with Gasteiger partial charge in [-0.05, 0) is 44.9 Å². The van der Waals surface area contributed by atoms with Crippen LogP contribution >= 0.6 is 0 Å². The SMILES string of the molecule is CCC(C)(C)NCCN1CC2CCCC2C1. The molecule has 0 aromatic heterocycles. The van der Waals surface area contributed by atoms with Crippen molar-refractivity contribution in [3.05, 3.63) is 0 Å². The molecule has 2 rings (SSSR count). The van der Waals surface area contributed by atoms with Crippen molar-refractivity contribution in [1.29, 1.82) is 0 Å². The number of nitrogens with one attached hydrogen (secondary N) is 1. The first-order chi connectivity index (χ1) is 7.61. The monoisotopic (exact) mass is 224 g/mol. The van der Waals surface area contributed by atoms with Gasteiger partial charge in [0.1, 0.15) is 0 Å². The van der Waals surface area contributed by atoms with E-state index in [2.05, 4.69) is 31.0 Å². The Bertz CT molecular complexity index is 213. The highest BCUT2D eigenvalue weighted by atomic mass is 15.2. The molecule has 0 bridgehead atoms. The van der Waals surface area contributed by atoms with E-state index in [9.17, 15) is 0 Å². The van der Waals surface area contributed by atoms with Gasteiger partial charge in [-0.25, -0.2) is 0 Å². The van der Waals surface area contributed by atoms with Crippen LogP contribution in [0.5, 0.6) is 0 Å². The fourth-order valence-corrected chi connectivity index (χ4v) is 3.19. The van der Waals surface area contributed by atoms with Crippen molar-refractivity contribution >= 4 is 0 Å². The number of likely N-dealkylation sites (tertiary alicyclic amines) is 1. The number of fused-ring (bicyclic) bond motifs is 1. The molecule has 16 heavy (non-hydrogen) atoms. The Morgan fingerprint density at radius 1 is 1.19 bits per heavy atom. The van der Waals surface area contributed by atoms with E-state index in [1.165, 1.54) is 45.3 Å². The van der Waals surface area contributed by atoms with Gasteiger partial charge in [-0.1, -0.05) is 13.3 Å². The molecule has 1 aliphatic heterocycles. The van der Waals surface area contributed by atoms with Crippen LogP contribution in [-0.2, 0) is 0 Å². The van der Waals surface area contributed by atoms with Crippen LogP contribution < -0.4 is 5.32 Å². The molecular weight excluding hydrogens is 196 g/mol. The highest BCUT2D eigenvalue weighted by Crippen LogP contribution is 2.37. The quantitative estimate of drug-likeness (QED) is 0.772. The van der Waals surface area contributed by atoms with E-state index in [4.69, 9.17) is 0 Å². The molecule has 1 saturated carbocycles. The minimum atomic E-state index is 0.315. The van der Waals surface area contributed by atoms with Gasteiger partial charge in [0.05, 0.1) is 0 Å². The maximum atomic E-state index is 3.66. The Hall–Kier alpha value is -0.0800. The number of nitrogens with zero attached hydrogens (tertiary/aromatic N) is 1. The Kier molecular flexibility index (Phi) is 3.91. The molecule has 2 unspecified atom stereocenters. The van der Waals surface area contributed by atoms with Crippen LogP contribution in [0.3, 0.4) is 0 Å². The topological polar surface area (TPSA) is 15.3 Å². The van der Waals surface area contributed by atoms with E-state index in [1.54, 1.807) is 0 Å². The highest BCUT2D eigenvalue weighted by molar-refractivity contribution is 4.88. The molecule has 2 fully saturated rings. The van der Waals surface area contributed by atoms with Crippen molar-refractivity contribution in [2.45, 2.75) is 52.0 Å². The third-order valence-corrected chi connectivity index (χ3v) is 4.72. The Morgan fingerprint density at radius 3 is 2.38 bits per heavy atom. The summed E-state index contributed by atoms with van der Waals surface area (Å²) < 4.78 is 0. The van der Waals surface area contributed by atoms with Crippen molar-refractivity contribution in [2.24, 2.45) is 11.8 Å². The summed E-state index contributed by atoms with van der Waals surface area (Å²) in [5.74, 6) is 2.08. The number of hydrogen-bond donors (Lipinski definition) is 1. The van der Waals surface area contributed by atoms with Crippen LogP contribution in [0.2, 0.25) is 0 Å². The van der Waals surface area contributed by atoms with E-state index < -0.39 is 0 Å². The molecule has 0 amide bonds. The first-order valence-electron chi connectivity index (χ1n) is 7.08. The van der Waals surface area contributed by atoms with Crippen molar-refractivity contribution in [3.8, 4) is 0 Å². The molecule has 1 aliphatic carbocycles. The second-order valence-corrected chi connectivity index (χ2v) is 6.37. The van der Waals surface area contributed by atoms with Gasteiger partial charge >= 0.3 is 0 Å². The molecule has 0 spiro atoms. The molecule has 0 radical (unpaired) electrons. The zero-order valence-electron chi connectivity index (χ0n) is 11.3. The van der Waals surface area contributed by atoms with Crippen molar-refractivity contribution in [2.75, 3.05) is 26.2 Å². The second-order valence-electron chi connectivity index (χ2n) is 6.37. The fraction of sp³-hybridized carbons (Fsp3) is 1.00. The molecule has 1 saturated heterocycles. The zero-order valence-corrected chi connectivity index (χ0v) is 11.3. The van der Waals surface area contributed by atoms with Gasteiger partial charge in [0.2, 0.25) is 0 Å². The lowest BCUT2D eigenvalue weighted by molar-refractivity contribution is 0.283. The first kappa shape index (κ1) is 12.4. The lowest BCUT2D eigenvalue weighted by atomic mass is 10.0. The Labute approximate surface area is 101 Å². The smallest absolute Gasteiger partial charge is 0.0123 e. The maximum Gasteiger partial charge on any atom is 0.0123 e. The third kappa shape index (κ3) is 2.98. The van der Waals surface area contributed by atoms with Crippen LogP contribution in [0.1, 0.15) is 46.5 Å². The van der Waals surface area contributed by atoms with E-state index in [0.717, 1.165) is 18.4 Å². The maximum absolute atomic E-state index is 3.66. The molecule has 1 N–H and O–H groups in total. The summed E-state index contributed by atoms with van der Waals surface area (Å²) in [5.41, 5.74) is 0.315. The summed E-state index contributed by atoms with van der Waals surface area (Å²) in [6.45, 7) is 12.0. The van der Waals surface area contributed by atoms with E-state index >= 15 is 0 Å². The summed E-state index contributed by atoms with van der Waals surface area (Å²) in [6.07, 6.45) is 5.69. The summed E-state index contributed by atoms with van der Waals surface area (Å²) in [6, 6.07) is 0. The van der Waals surface area contributed by atoms with E-state index in [0.29, 0.717) is 5.54 Å². The number of rotatable bonds is 5. The Balaban J connectivity index is 1.65. The van der Waals surface area contributed by atoms with Gasteiger partial charge in [0.15, 0.2) is 0 Å². The van der Waals surface area contributed by atoms with E-state index in [-0.39, 0.29) is 0 Å². The molecule has 2 atom stereocenters. The highest BCUT2D eigenvalue weighted by Gasteiger charge is 2.35. The normalized spacial score (nSPS) is 30.9. The fourth-order valence-electron chi connectivity index (χ4n) is 3.19. The second kappa shape index (κ2) is 5.05. The van der Waals surface area contributed by atoms with Crippen molar-refractivity contribution < 1.29 is 0 Å². The largest absolute Gasteiger partial charge is 0.311 e. The molecule has 94 valence electrons. The predicted molar refractivity (Wildman–Crippen MR) is 69.6 cm³/mol. The molecule has 2 aliphatic rings. The summed E-state index contributed by atoms with van der Waals surface area (Å²) in [7, 11) is 0. The van der Waals surface area contributed by atoms with Crippen molar-refractivity contribution in [1.82, 2.24) is 10.2 Å². The molecule has 0 aromatic rings. The third-order valence-electron chi connectivity index (χ3n) is 4.72. The van der Waals surface area contributed by atoms with Crippen LogP contribution in [0.25, 0.3) is 0 Å². The van der Waals surface area contributed by atoms with Crippen LogP contribution in [0, 0.1) is 11.8 Å². The summed E-state index contributed by atoms with van der Waals surface area (Å²) in [4.78, 5) is 2.67. The van der Waals surface area contributed by atoms with Gasteiger partial charge in [0, 0.05) is 31.7 Å². The lowest BCUT2D eigenvalue weighted by Gasteiger charge is -2.26. The Morgan fingerprint density at radius 2 is 1.81 bits per heavy atom. The van der Waals surface area contributed by atoms with Gasteiger partial charge in [-0.2, -0.15) is 0 Å². The predicted octanol–water partition coefficient (Wildman–Crippen LogP) is 2.50. The first-order valence-corrected chi connectivity index (χ1v) is 7.08. The van der Waals surface area contributed by atoms with Gasteiger partial charge in [-0.15, -0.1) is 0 Å². The van der Waals surface area contributed by atoms with Crippen LogP contribution in [-0.4, -0.2) is 36.6 Å². The zero-order chi connectivity index (χ0) is 11.6. The van der Waals surface area contributed by atoms with Gasteiger partial charge < -0.3 is 10.2 Å². The molecule has 1 heterocycles. The molecule has 0 aromatic carbocycles. The number of hydrogen-bond acceptors (Lipinski definition) is 2. The van der Waals surface area contributed by atoms with Gasteiger partial charge in [0.25, 0.3) is 0 Å².